The molecule has 2 heterocycles. The second-order valence-corrected chi connectivity index (χ2v) is 5.38. The largest absolute Gasteiger partial charge is 0.313 e. The quantitative estimate of drug-likeness (QED) is 0.629. The Hall–Kier alpha value is -1.19. The molecule has 3 heteroatoms. The van der Waals surface area contributed by atoms with Gasteiger partial charge in [0.05, 0.1) is 5.69 Å². The molecule has 1 aliphatic heterocycles. The Balaban J connectivity index is 1.83. The summed E-state index contributed by atoms with van der Waals surface area (Å²) in [5, 5.41) is 3.40. The number of nitrogens with one attached hydrogen (secondary N) is 1. The van der Waals surface area contributed by atoms with E-state index in [2.05, 4.69) is 47.3 Å². The van der Waals surface area contributed by atoms with E-state index in [0.29, 0.717) is 0 Å². The Labute approximate surface area is 116 Å². The lowest BCUT2D eigenvalue weighted by Crippen LogP contribution is -2.29. The molecule has 0 saturated heterocycles. The molecule has 1 aromatic rings. The summed E-state index contributed by atoms with van der Waals surface area (Å²) >= 11 is 0. The van der Waals surface area contributed by atoms with Gasteiger partial charge in [-0.05, 0) is 37.9 Å². The third-order valence-electron chi connectivity index (χ3n) is 3.44. The Kier molecular flexibility index (Phi) is 5.55. The van der Waals surface area contributed by atoms with Gasteiger partial charge in [0, 0.05) is 32.4 Å². The first-order valence-corrected chi connectivity index (χ1v) is 7.30. The van der Waals surface area contributed by atoms with Crippen molar-refractivity contribution >= 4 is 0 Å². The van der Waals surface area contributed by atoms with Crippen molar-refractivity contribution in [3.05, 3.63) is 41.2 Å². The van der Waals surface area contributed by atoms with Crippen LogP contribution in [0.5, 0.6) is 0 Å². The number of pyridine rings is 1. The van der Waals surface area contributed by atoms with Crippen molar-refractivity contribution < 1.29 is 0 Å². The van der Waals surface area contributed by atoms with Gasteiger partial charge in [-0.1, -0.05) is 24.6 Å². The van der Waals surface area contributed by atoms with Crippen LogP contribution in [0.3, 0.4) is 0 Å². The zero-order valence-corrected chi connectivity index (χ0v) is 12.2. The van der Waals surface area contributed by atoms with Crippen LogP contribution in [0.25, 0.3) is 0 Å². The van der Waals surface area contributed by atoms with Crippen molar-refractivity contribution in [1.82, 2.24) is 15.2 Å². The summed E-state index contributed by atoms with van der Waals surface area (Å²) in [6.07, 6.45) is 6.69. The minimum absolute atomic E-state index is 0.923. The van der Waals surface area contributed by atoms with E-state index < -0.39 is 0 Å². The number of hydrogen-bond acceptors (Lipinski definition) is 3. The van der Waals surface area contributed by atoms with Gasteiger partial charge < -0.3 is 5.32 Å². The van der Waals surface area contributed by atoms with Crippen molar-refractivity contribution in [3.8, 4) is 0 Å². The summed E-state index contributed by atoms with van der Waals surface area (Å²) in [4.78, 5) is 7.04. The van der Waals surface area contributed by atoms with E-state index in [1.807, 2.05) is 6.20 Å². The molecule has 1 aromatic heterocycles. The van der Waals surface area contributed by atoms with E-state index in [1.165, 1.54) is 29.7 Å². The van der Waals surface area contributed by atoms with E-state index in [4.69, 9.17) is 0 Å². The highest BCUT2D eigenvalue weighted by Crippen LogP contribution is 2.12. The normalized spacial score (nSPS) is 16.4. The lowest BCUT2D eigenvalue weighted by atomic mass is 10.1. The maximum absolute atomic E-state index is 4.58. The third-order valence-corrected chi connectivity index (χ3v) is 3.44. The molecule has 0 unspecified atom stereocenters. The second kappa shape index (κ2) is 7.41. The molecule has 0 amide bonds. The molecule has 0 radical (unpaired) electrons. The maximum Gasteiger partial charge on any atom is 0.0544 e. The van der Waals surface area contributed by atoms with Gasteiger partial charge in [-0.15, -0.1) is 0 Å². The van der Waals surface area contributed by atoms with E-state index in [-0.39, 0.29) is 0 Å². The van der Waals surface area contributed by atoms with Gasteiger partial charge in [0.2, 0.25) is 0 Å². The van der Waals surface area contributed by atoms with Crippen molar-refractivity contribution in [1.29, 1.82) is 0 Å². The minimum Gasteiger partial charge on any atom is -0.313 e. The van der Waals surface area contributed by atoms with Gasteiger partial charge in [-0.2, -0.15) is 0 Å². The fourth-order valence-electron chi connectivity index (χ4n) is 2.42. The summed E-state index contributed by atoms with van der Waals surface area (Å²) in [7, 11) is 0. The van der Waals surface area contributed by atoms with Crippen molar-refractivity contribution in [2.75, 3.05) is 19.6 Å². The molecule has 0 aromatic carbocycles. The van der Waals surface area contributed by atoms with Crippen LogP contribution in [0.1, 0.15) is 37.9 Å². The minimum atomic E-state index is 0.923. The molecule has 1 N–H and O–H groups in total. The molecule has 0 aliphatic carbocycles. The predicted molar refractivity (Wildman–Crippen MR) is 79.9 cm³/mol. The van der Waals surface area contributed by atoms with Gasteiger partial charge in [-0.3, -0.25) is 9.88 Å². The molecule has 0 saturated carbocycles. The zero-order chi connectivity index (χ0) is 13.5. The average molecular weight is 259 g/mol. The van der Waals surface area contributed by atoms with Crippen LogP contribution in [-0.2, 0) is 13.1 Å². The van der Waals surface area contributed by atoms with Gasteiger partial charge in [-0.25, -0.2) is 0 Å². The molecule has 0 spiro atoms. The van der Waals surface area contributed by atoms with Crippen molar-refractivity contribution in [3.63, 3.8) is 0 Å². The molecule has 19 heavy (non-hydrogen) atoms. The Bertz CT molecular complexity index is 409. The van der Waals surface area contributed by atoms with Gasteiger partial charge in [0.1, 0.15) is 0 Å². The van der Waals surface area contributed by atoms with Crippen LogP contribution in [0.2, 0.25) is 0 Å². The van der Waals surface area contributed by atoms with Crippen LogP contribution < -0.4 is 5.32 Å². The summed E-state index contributed by atoms with van der Waals surface area (Å²) in [5.74, 6) is 0. The third kappa shape index (κ3) is 4.77. The van der Waals surface area contributed by atoms with Crippen LogP contribution in [0, 0.1) is 0 Å². The number of aromatic nitrogens is 1. The van der Waals surface area contributed by atoms with Crippen LogP contribution in [0.4, 0.5) is 0 Å². The molecular weight excluding hydrogens is 234 g/mol. The van der Waals surface area contributed by atoms with Gasteiger partial charge in [0.15, 0.2) is 0 Å². The fourth-order valence-corrected chi connectivity index (χ4v) is 2.42. The van der Waals surface area contributed by atoms with E-state index in [9.17, 15) is 0 Å². The molecule has 0 bridgehead atoms. The van der Waals surface area contributed by atoms with Crippen LogP contribution in [-0.4, -0.2) is 29.5 Å². The standard InChI is InChI=1S/C16H25N3/c1-3-8-17-10-15-6-7-16(18-11-15)13-19-9-4-5-14(2)12-19/h5-7,11,17H,3-4,8-10,12-13H2,1-2H3. The first-order chi connectivity index (χ1) is 9.28. The molecule has 2 rings (SSSR count). The first kappa shape index (κ1) is 14.2. The number of rotatable bonds is 6. The molecule has 3 nitrogen and oxygen atoms in total. The molecule has 0 fully saturated rings. The highest BCUT2D eigenvalue weighted by atomic mass is 15.1. The van der Waals surface area contributed by atoms with E-state index in [0.717, 1.165) is 32.7 Å². The first-order valence-electron chi connectivity index (χ1n) is 7.30. The summed E-state index contributed by atoms with van der Waals surface area (Å²) in [5.41, 5.74) is 3.92. The average Bonchev–Trinajstić information content (AvgIpc) is 2.41. The SMILES string of the molecule is CCCNCc1ccc(CN2CCC=C(C)C2)nc1. The van der Waals surface area contributed by atoms with E-state index >= 15 is 0 Å². The van der Waals surface area contributed by atoms with Crippen molar-refractivity contribution in [2.24, 2.45) is 0 Å². The summed E-state index contributed by atoms with van der Waals surface area (Å²) in [6.45, 7) is 9.59. The van der Waals surface area contributed by atoms with Crippen LogP contribution in [0.15, 0.2) is 30.0 Å². The summed E-state index contributed by atoms with van der Waals surface area (Å²) < 4.78 is 0. The summed E-state index contributed by atoms with van der Waals surface area (Å²) in [6, 6.07) is 4.36. The highest BCUT2D eigenvalue weighted by Gasteiger charge is 2.10. The highest BCUT2D eigenvalue weighted by molar-refractivity contribution is 5.14. The maximum atomic E-state index is 4.58. The van der Waals surface area contributed by atoms with Crippen LogP contribution >= 0.6 is 0 Å². The Morgan fingerprint density at radius 1 is 1.37 bits per heavy atom. The molecular formula is C16H25N3. The molecule has 104 valence electrons. The lowest BCUT2D eigenvalue weighted by molar-refractivity contribution is 0.279. The van der Waals surface area contributed by atoms with Gasteiger partial charge in [0.25, 0.3) is 0 Å². The zero-order valence-electron chi connectivity index (χ0n) is 12.2. The molecule has 0 atom stereocenters. The second-order valence-electron chi connectivity index (χ2n) is 5.38. The molecule has 1 aliphatic rings. The van der Waals surface area contributed by atoms with Crippen molar-refractivity contribution in [2.45, 2.75) is 39.8 Å². The topological polar surface area (TPSA) is 28.2 Å². The Morgan fingerprint density at radius 3 is 2.95 bits per heavy atom. The monoisotopic (exact) mass is 259 g/mol. The van der Waals surface area contributed by atoms with Gasteiger partial charge >= 0.3 is 0 Å². The predicted octanol–water partition coefficient (Wildman–Crippen LogP) is 2.73. The Morgan fingerprint density at radius 2 is 2.26 bits per heavy atom. The number of hydrogen-bond donors (Lipinski definition) is 1. The fraction of sp³-hybridized carbons (Fsp3) is 0.562. The smallest absolute Gasteiger partial charge is 0.0544 e. The van der Waals surface area contributed by atoms with E-state index in [1.54, 1.807) is 0 Å². The lowest BCUT2D eigenvalue weighted by Gasteiger charge is -2.25. The number of nitrogens with zero attached hydrogens (tertiary/aromatic N) is 2.